The van der Waals surface area contributed by atoms with E-state index in [1.54, 1.807) is 4.68 Å². The Kier molecular flexibility index (Phi) is 3.47. The van der Waals surface area contributed by atoms with Crippen LogP contribution in [0.3, 0.4) is 0 Å². The minimum Gasteiger partial charge on any atom is -0.323 e. The lowest BCUT2D eigenvalue weighted by molar-refractivity contribution is -0.120. The van der Waals surface area contributed by atoms with Crippen LogP contribution in [0.2, 0.25) is 0 Å². The van der Waals surface area contributed by atoms with Gasteiger partial charge in [0.25, 0.3) is 0 Å². The molecule has 1 aromatic rings. The van der Waals surface area contributed by atoms with Gasteiger partial charge in [0.2, 0.25) is 5.91 Å². The van der Waals surface area contributed by atoms with Gasteiger partial charge in [-0.25, -0.2) is 0 Å². The number of aryl methyl sites for hydroxylation is 2. The van der Waals surface area contributed by atoms with Gasteiger partial charge in [-0.1, -0.05) is 0 Å². The molecule has 1 aromatic heterocycles. The maximum atomic E-state index is 12.1. The molecule has 1 atom stereocenters. The molecule has 0 aromatic carbocycles. The zero-order chi connectivity index (χ0) is 12.4. The molecule has 1 saturated heterocycles. The van der Waals surface area contributed by atoms with Gasteiger partial charge in [0, 0.05) is 13.6 Å². The molecule has 5 nitrogen and oxygen atoms in total. The number of aromatic nitrogens is 2. The SMILES string of the molecule is Cc1nn(C)c(C)c1NC(=O)C1CCCNC1. The summed E-state index contributed by atoms with van der Waals surface area (Å²) in [5, 5.41) is 10.6. The number of carbonyl (C=O) groups excluding carboxylic acids is 1. The molecule has 0 radical (unpaired) electrons. The maximum Gasteiger partial charge on any atom is 0.228 e. The molecule has 17 heavy (non-hydrogen) atoms. The first-order valence-corrected chi connectivity index (χ1v) is 6.11. The second-order valence-electron chi connectivity index (χ2n) is 4.70. The third kappa shape index (κ3) is 2.49. The van der Waals surface area contributed by atoms with E-state index in [4.69, 9.17) is 0 Å². The van der Waals surface area contributed by atoms with Crippen LogP contribution in [-0.2, 0) is 11.8 Å². The number of hydrogen-bond acceptors (Lipinski definition) is 3. The lowest BCUT2D eigenvalue weighted by atomic mass is 9.99. The molecule has 0 saturated carbocycles. The van der Waals surface area contributed by atoms with E-state index in [1.165, 1.54) is 0 Å². The van der Waals surface area contributed by atoms with Gasteiger partial charge >= 0.3 is 0 Å². The Morgan fingerprint density at radius 1 is 1.53 bits per heavy atom. The number of carbonyl (C=O) groups is 1. The minimum absolute atomic E-state index is 0.0859. The van der Waals surface area contributed by atoms with Crippen LogP contribution in [-0.4, -0.2) is 28.8 Å². The van der Waals surface area contributed by atoms with Crippen molar-refractivity contribution in [3.05, 3.63) is 11.4 Å². The predicted molar refractivity (Wildman–Crippen MR) is 66.9 cm³/mol. The molecule has 0 spiro atoms. The number of piperidine rings is 1. The number of rotatable bonds is 2. The molecule has 2 heterocycles. The Morgan fingerprint density at radius 3 is 2.82 bits per heavy atom. The highest BCUT2D eigenvalue weighted by atomic mass is 16.1. The van der Waals surface area contributed by atoms with Crippen molar-refractivity contribution in [2.45, 2.75) is 26.7 Å². The van der Waals surface area contributed by atoms with E-state index in [9.17, 15) is 4.79 Å². The van der Waals surface area contributed by atoms with E-state index < -0.39 is 0 Å². The summed E-state index contributed by atoms with van der Waals surface area (Å²) in [7, 11) is 1.89. The Morgan fingerprint density at radius 2 is 2.29 bits per heavy atom. The van der Waals surface area contributed by atoms with Crippen LogP contribution in [0.15, 0.2) is 0 Å². The van der Waals surface area contributed by atoms with Crippen LogP contribution in [0.4, 0.5) is 5.69 Å². The lowest BCUT2D eigenvalue weighted by Gasteiger charge is -2.21. The fourth-order valence-electron chi connectivity index (χ4n) is 2.26. The third-order valence-corrected chi connectivity index (χ3v) is 3.42. The minimum atomic E-state index is 0.0859. The van der Waals surface area contributed by atoms with E-state index in [2.05, 4.69) is 15.7 Å². The average molecular weight is 236 g/mol. The van der Waals surface area contributed by atoms with Crippen molar-refractivity contribution < 1.29 is 4.79 Å². The van der Waals surface area contributed by atoms with Gasteiger partial charge in [0.1, 0.15) is 0 Å². The number of nitrogens with zero attached hydrogens (tertiary/aromatic N) is 2. The first-order chi connectivity index (χ1) is 8.09. The number of anilines is 1. The number of nitrogens with one attached hydrogen (secondary N) is 2. The van der Waals surface area contributed by atoms with Crippen LogP contribution < -0.4 is 10.6 Å². The van der Waals surface area contributed by atoms with Crippen LogP contribution >= 0.6 is 0 Å². The van der Waals surface area contributed by atoms with Crippen LogP contribution in [0, 0.1) is 19.8 Å². The number of amides is 1. The quantitative estimate of drug-likeness (QED) is 0.804. The van der Waals surface area contributed by atoms with Gasteiger partial charge in [-0.15, -0.1) is 0 Å². The largest absolute Gasteiger partial charge is 0.323 e. The summed E-state index contributed by atoms with van der Waals surface area (Å²) in [5.74, 6) is 0.194. The van der Waals surface area contributed by atoms with Crippen molar-refractivity contribution in [2.75, 3.05) is 18.4 Å². The van der Waals surface area contributed by atoms with E-state index >= 15 is 0 Å². The second kappa shape index (κ2) is 4.87. The van der Waals surface area contributed by atoms with Gasteiger partial charge in [-0.05, 0) is 33.2 Å². The van der Waals surface area contributed by atoms with E-state index in [0.717, 1.165) is 43.0 Å². The van der Waals surface area contributed by atoms with Crippen molar-refractivity contribution in [3.8, 4) is 0 Å². The maximum absolute atomic E-state index is 12.1. The predicted octanol–water partition coefficient (Wildman–Crippen LogP) is 0.975. The summed E-state index contributed by atoms with van der Waals surface area (Å²) in [6, 6.07) is 0. The van der Waals surface area contributed by atoms with Gasteiger partial charge in [0.05, 0.1) is 23.0 Å². The van der Waals surface area contributed by atoms with Crippen LogP contribution in [0.1, 0.15) is 24.2 Å². The number of hydrogen-bond donors (Lipinski definition) is 2. The second-order valence-corrected chi connectivity index (χ2v) is 4.70. The van der Waals surface area contributed by atoms with Crippen LogP contribution in [0.5, 0.6) is 0 Å². The summed E-state index contributed by atoms with van der Waals surface area (Å²) in [5.41, 5.74) is 2.74. The molecule has 94 valence electrons. The summed E-state index contributed by atoms with van der Waals surface area (Å²) >= 11 is 0. The fourth-order valence-corrected chi connectivity index (χ4v) is 2.26. The Hall–Kier alpha value is -1.36. The van der Waals surface area contributed by atoms with Crippen molar-refractivity contribution in [1.29, 1.82) is 0 Å². The molecule has 0 aliphatic carbocycles. The van der Waals surface area contributed by atoms with Crippen molar-refractivity contribution in [1.82, 2.24) is 15.1 Å². The summed E-state index contributed by atoms with van der Waals surface area (Å²) in [6.07, 6.45) is 2.04. The van der Waals surface area contributed by atoms with Gasteiger partial charge in [0.15, 0.2) is 0 Å². The summed E-state index contributed by atoms with van der Waals surface area (Å²) < 4.78 is 1.80. The molecule has 1 aliphatic rings. The lowest BCUT2D eigenvalue weighted by Crippen LogP contribution is -2.37. The van der Waals surface area contributed by atoms with Gasteiger partial charge in [-0.3, -0.25) is 9.48 Å². The monoisotopic (exact) mass is 236 g/mol. The molecule has 1 unspecified atom stereocenters. The molecule has 5 heteroatoms. The Bertz CT molecular complexity index is 418. The average Bonchev–Trinajstić information content (AvgIpc) is 2.57. The normalized spacial score (nSPS) is 20.3. The van der Waals surface area contributed by atoms with Crippen molar-refractivity contribution >= 4 is 11.6 Å². The molecule has 1 aliphatic heterocycles. The molecule has 1 amide bonds. The third-order valence-electron chi connectivity index (χ3n) is 3.42. The zero-order valence-electron chi connectivity index (χ0n) is 10.7. The zero-order valence-corrected chi connectivity index (χ0v) is 10.7. The molecule has 1 fully saturated rings. The molecule has 2 rings (SSSR count). The topological polar surface area (TPSA) is 59.0 Å². The molecular formula is C12H20N4O. The highest BCUT2D eigenvalue weighted by molar-refractivity contribution is 5.93. The Labute approximate surface area is 102 Å². The van der Waals surface area contributed by atoms with Crippen molar-refractivity contribution in [2.24, 2.45) is 13.0 Å². The van der Waals surface area contributed by atoms with Gasteiger partial charge < -0.3 is 10.6 Å². The summed E-state index contributed by atoms with van der Waals surface area (Å²) in [4.78, 5) is 12.1. The molecule has 0 bridgehead atoms. The van der Waals surface area contributed by atoms with E-state index in [0.29, 0.717) is 0 Å². The van der Waals surface area contributed by atoms with Gasteiger partial charge in [-0.2, -0.15) is 5.10 Å². The smallest absolute Gasteiger partial charge is 0.228 e. The first kappa shape index (κ1) is 12.1. The molecular weight excluding hydrogens is 216 g/mol. The van der Waals surface area contributed by atoms with Crippen molar-refractivity contribution in [3.63, 3.8) is 0 Å². The molecule has 2 N–H and O–H groups in total. The fraction of sp³-hybridized carbons (Fsp3) is 0.667. The van der Waals surface area contributed by atoms with E-state index in [-0.39, 0.29) is 11.8 Å². The highest BCUT2D eigenvalue weighted by Crippen LogP contribution is 2.20. The van der Waals surface area contributed by atoms with E-state index in [1.807, 2.05) is 20.9 Å². The van der Waals surface area contributed by atoms with Crippen LogP contribution in [0.25, 0.3) is 0 Å². The Balaban J connectivity index is 2.07. The highest BCUT2D eigenvalue weighted by Gasteiger charge is 2.22. The summed E-state index contributed by atoms with van der Waals surface area (Å²) in [6.45, 7) is 5.69. The first-order valence-electron chi connectivity index (χ1n) is 6.11. The standard InChI is InChI=1S/C12H20N4O/c1-8-11(9(2)16(3)15-8)14-12(17)10-5-4-6-13-7-10/h10,13H,4-7H2,1-3H3,(H,14,17).